The van der Waals surface area contributed by atoms with Gasteiger partial charge in [0.15, 0.2) is 0 Å². The Hall–Kier alpha value is -1.15. The van der Waals surface area contributed by atoms with Crippen LogP contribution in [-0.2, 0) is 4.79 Å². The number of Topliss-reactive ketones (excluding diaryl/α,β-unsaturated/α-hetero) is 1. The van der Waals surface area contributed by atoms with Crippen molar-refractivity contribution in [1.82, 2.24) is 5.32 Å². The van der Waals surface area contributed by atoms with Gasteiger partial charge in [-0.25, -0.2) is 0 Å². The highest BCUT2D eigenvalue weighted by Gasteiger charge is 2.06. The molecule has 0 unspecified atom stereocenters. The minimum absolute atomic E-state index is 0.159. The van der Waals surface area contributed by atoms with E-state index >= 15 is 0 Å². The highest BCUT2D eigenvalue weighted by Crippen LogP contribution is 2.09. The normalized spacial score (nSPS) is 9.67. The van der Waals surface area contributed by atoms with Crippen LogP contribution in [0.2, 0.25) is 0 Å². The molecule has 0 heterocycles. The van der Waals surface area contributed by atoms with Gasteiger partial charge in [-0.2, -0.15) is 0 Å². The van der Waals surface area contributed by atoms with Crippen molar-refractivity contribution in [3.8, 4) is 0 Å². The van der Waals surface area contributed by atoms with Gasteiger partial charge in [-0.1, -0.05) is 59.7 Å². The molecule has 0 radical (unpaired) electrons. The van der Waals surface area contributed by atoms with Crippen LogP contribution in [-0.4, -0.2) is 18.4 Å². The molecule has 0 atom stereocenters. The van der Waals surface area contributed by atoms with Crippen molar-refractivity contribution in [2.75, 3.05) is 6.54 Å². The smallest absolute Gasteiger partial charge is 0.149 e. The van der Waals surface area contributed by atoms with Crippen LogP contribution in [0.1, 0.15) is 58.2 Å². The predicted molar refractivity (Wildman–Crippen MR) is 95.0 cm³/mol. The minimum Gasteiger partial charge on any atom is -0.308 e. The number of ketones is 1. The molecule has 0 bridgehead atoms. The number of carbonyl (C=O) groups is 1. The van der Waals surface area contributed by atoms with E-state index < -0.39 is 0 Å². The van der Waals surface area contributed by atoms with Crippen molar-refractivity contribution in [3.63, 3.8) is 0 Å². The Bertz CT molecular complexity index is 374. The molecule has 0 saturated heterocycles. The number of rotatable bonds is 4. The number of benzene rings is 1. The van der Waals surface area contributed by atoms with Crippen molar-refractivity contribution in [2.24, 2.45) is 5.92 Å². The first-order chi connectivity index (χ1) is 9.75. The van der Waals surface area contributed by atoms with Gasteiger partial charge in [0.2, 0.25) is 0 Å². The summed E-state index contributed by atoms with van der Waals surface area (Å²) in [6, 6.07) is 6.78. The van der Waals surface area contributed by atoms with Gasteiger partial charge in [0.1, 0.15) is 5.78 Å². The van der Waals surface area contributed by atoms with E-state index in [2.05, 4.69) is 44.3 Å². The molecule has 2 heteroatoms. The zero-order valence-electron chi connectivity index (χ0n) is 15.5. The Morgan fingerprint density at radius 3 is 1.71 bits per heavy atom. The molecule has 1 rings (SSSR count). The summed E-state index contributed by atoms with van der Waals surface area (Å²) < 4.78 is 0. The van der Waals surface area contributed by atoms with E-state index in [9.17, 15) is 4.79 Å². The highest BCUT2D eigenvalue weighted by molar-refractivity contribution is 5.82. The zero-order valence-corrected chi connectivity index (χ0v) is 15.5. The van der Waals surface area contributed by atoms with Crippen molar-refractivity contribution < 1.29 is 4.79 Å². The number of carbonyl (C=O) groups excluding carboxylic acids is 1. The summed E-state index contributed by atoms with van der Waals surface area (Å²) in [5.74, 6) is 0.444. The Labute approximate surface area is 132 Å². The Morgan fingerprint density at radius 2 is 1.43 bits per heavy atom. The van der Waals surface area contributed by atoms with Crippen LogP contribution >= 0.6 is 0 Å². The van der Waals surface area contributed by atoms with Crippen molar-refractivity contribution in [3.05, 3.63) is 34.9 Å². The number of aryl methyl sites for hydroxylation is 2. The molecule has 0 amide bonds. The van der Waals surface area contributed by atoms with Crippen LogP contribution in [0.25, 0.3) is 0 Å². The molecule has 0 aliphatic rings. The van der Waals surface area contributed by atoms with Crippen LogP contribution in [0.15, 0.2) is 18.2 Å². The first-order valence-corrected chi connectivity index (χ1v) is 8.04. The molecule has 0 fully saturated rings. The van der Waals surface area contributed by atoms with Crippen LogP contribution < -0.4 is 5.32 Å². The maximum absolute atomic E-state index is 11.0. The number of hydrogen-bond acceptors (Lipinski definition) is 2. The fraction of sp³-hybridized carbons (Fsp3) is 0.632. The van der Waals surface area contributed by atoms with E-state index in [0.29, 0.717) is 12.6 Å². The highest BCUT2D eigenvalue weighted by atomic mass is 16.1. The van der Waals surface area contributed by atoms with Crippen molar-refractivity contribution >= 4 is 5.78 Å². The number of nitrogens with one attached hydrogen (secondary N) is 1. The second-order valence-corrected chi connectivity index (χ2v) is 5.67. The monoisotopic (exact) mass is 293 g/mol. The van der Waals surface area contributed by atoms with Gasteiger partial charge < -0.3 is 5.32 Å². The Kier molecular flexibility index (Phi) is 13.3. The SMILES string of the molecule is CC.CC(C)NCC(=O)C(C)C.Cc1cccc(C)c1C. The van der Waals surface area contributed by atoms with Gasteiger partial charge >= 0.3 is 0 Å². The molecular weight excluding hydrogens is 258 g/mol. The largest absolute Gasteiger partial charge is 0.308 e. The molecule has 1 N–H and O–H groups in total. The van der Waals surface area contributed by atoms with Gasteiger partial charge in [0.05, 0.1) is 6.54 Å². The second-order valence-electron chi connectivity index (χ2n) is 5.67. The maximum atomic E-state index is 11.0. The lowest BCUT2D eigenvalue weighted by atomic mass is 10.1. The Morgan fingerprint density at radius 1 is 1.00 bits per heavy atom. The van der Waals surface area contributed by atoms with E-state index in [4.69, 9.17) is 0 Å². The third kappa shape index (κ3) is 11.2. The minimum atomic E-state index is 0.159. The molecule has 0 aliphatic carbocycles. The van der Waals surface area contributed by atoms with Gasteiger partial charge in [0, 0.05) is 12.0 Å². The lowest BCUT2D eigenvalue weighted by Gasteiger charge is -2.08. The van der Waals surface area contributed by atoms with E-state index in [-0.39, 0.29) is 11.7 Å². The molecule has 122 valence electrons. The van der Waals surface area contributed by atoms with E-state index in [1.807, 2.05) is 41.5 Å². The average Bonchev–Trinajstić information content (AvgIpc) is 2.44. The van der Waals surface area contributed by atoms with Gasteiger partial charge in [-0.3, -0.25) is 4.79 Å². The Balaban J connectivity index is 0. The van der Waals surface area contributed by atoms with E-state index in [1.54, 1.807) is 0 Å². The molecular formula is C19H35NO. The first kappa shape index (κ1) is 22.1. The number of hydrogen-bond donors (Lipinski definition) is 1. The first-order valence-electron chi connectivity index (χ1n) is 8.04. The van der Waals surface area contributed by atoms with Crippen molar-refractivity contribution in [2.45, 2.75) is 68.4 Å². The predicted octanol–water partition coefficient (Wildman–Crippen LogP) is 4.85. The fourth-order valence-electron chi connectivity index (χ4n) is 1.41. The summed E-state index contributed by atoms with van der Waals surface area (Å²) in [4.78, 5) is 11.0. The lowest BCUT2D eigenvalue weighted by molar-refractivity contribution is -0.121. The summed E-state index contributed by atoms with van der Waals surface area (Å²) in [5, 5.41) is 3.08. The molecule has 0 spiro atoms. The third-order valence-corrected chi connectivity index (χ3v) is 3.20. The fourth-order valence-corrected chi connectivity index (χ4v) is 1.41. The standard InChI is InChI=1S/C9H12.C8H17NO.C2H6/c1-7-5-4-6-8(2)9(7)3;1-6(2)8(10)5-9-7(3)4;1-2/h4-6H,1-3H3;6-7,9H,5H2,1-4H3;1-2H3. The quantitative estimate of drug-likeness (QED) is 0.860. The molecule has 2 nitrogen and oxygen atoms in total. The summed E-state index contributed by atoms with van der Waals surface area (Å²) in [6.45, 7) is 18.9. The zero-order chi connectivity index (χ0) is 17.0. The average molecular weight is 293 g/mol. The van der Waals surface area contributed by atoms with Gasteiger partial charge in [-0.05, 0) is 37.5 Å². The topological polar surface area (TPSA) is 29.1 Å². The van der Waals surface area contributed by atoms with E-state index in [1.165, 1.54) is 16.7 Å². The summed E-state index contributed by atoms with van der Waals surface area (Å²) >= 11 is 0. The van der Waals surface area contributed by atoms with Crippen LogP contribution in [0.4, 0.5) is 0 Å². The molecule has 1 aromatic rings. The summed E-state index contributed by atoms with van der Waals surface area (Å²) in [7, 11) is 0. The molecule has 1 aromatic carbocycles. The summed E-state index contributed by atoms with van der Waals surface area (Å²) in [6.07, 6.45) is 0. The van der Waals surface area contributed by atoms with Crippen molar-refractivity contribution in [1.29, 1.82) is 0 Å². The molecule has 21 heavy (non-hydrogen) atoms. The maximum Gasteiger partial charge on any atom is 0.149 e. The van der Waals surface area contributed by atoms with Gasteiger partial charge in [0.25, 0.3) is 0 Å². The second kappa shape index (κ2) is 12.6. The third-order valence-electron chi connectivity index (χ3n) is 3.20. The van der Waals surface area contributed by atoms with Gasteiger partial charge in [-0.15, -0.1) is 0 Å². The molecule has 0 saturated carbocycles. The molecule has 0 aromatic heterocycles. The van der Waals surface area contributed by atoms with Crippen LogP contribution in [0.3, 0.4) is 0 Å². The molecule has 0 aliphatic heterocycles. The van der Waals surface area contributed by atoms with E-state index in [0.717, 1.165) is 0 Å². The van der Waals surface area contributed by atoms with Crippen LogP contribution in [0, 0.1) is 26.7 Å². The lowest BCUT2D eigenvalue weighted by Crippen LogP contribution is -2.31. The summed E-state index contributed by atoms with van der Waals surface area (Å²) in [5.41, 5.74) is 4.18. The van der Waals surface area contributed by atoms with Crippen LogP contribution in [0.5, 0.6) is 0 Å².